The van der Waals surface area contributed by atoms with E-state index in [4.69, 9.17) is 0 Å². The van der Waals surface area contributed by atoms with Crippen LogP contribution >= 0.6 is 0 Å². The van der Waals surface area contributed by atoms with Crippen molar-refractivity contribution in [2.45, 2.75) is 51.0 Å². The molecule has 18 heavy (non-hydrogen) atoms. The second-order valence-electron chi connectivity index (χ2n) is 5.57. The Labute approximate surface area is 111 Å². The van der Waals surface area contributed by atoms with Crippen molar-refractivity contribution >= 4 is 0 Å². The van der Waals surface area contributed by atoms with Crippen LogP contribution < -0.4 is 5.32 Å². The van der Waals surface area contributed by atoms with Gasteiger partial charge in [0.15, 0.2) is 0 Å². The Morgan fingerprint density at radius 3 is 2.39 bits per heavy atom. The van der Waals surface area contributed by atoms with E-state index in [0.29, 0.717) is 6.04 Å². The highest BCUT2D eigenvalue weighted by Crippen LogP contribution is 2.45. The standard InChI is InChI=1S/C17H25N/c1-4-18-16(14(2)3)17(12-8-9-13-17)15-10-6-5-7-11-15/h5-7,10-11,16,18H,2,4,8-9,12-13H2,1,3H3. The van der Waals surface area contributed by atoms with Gasteiger partial charge in [0.1, 0.15) is 0 Å². The van der Waals surface area contributed by atoms with Crippen LogP contribution in [0.5, 0.6) is 0 Å². The van der Waals surface area contributed by atoms with Crippen molar-refractivity contribution in [2.75, 3.05) is 6.54 Å². The van der Waals surface area contributed by atoms with Gasteiger partial charge < -0.3 is 5.32 Å². The van der Waals surface area contributed by atoms with Gasteiger partial charge in [-0.15, -0.1) is 0 Å². The van der Waals surface area contributed by atoms with E-state index in [1.807, 2.05) is 0 Å². The van der Waals surface area contributed by atoms with Crippen LogP contribution in [0.25, 0.3) is 0 Å². The number of rotatable bonds is 5. The lowest BCUT2D eigenvalue weighted by atomic mass is 9.70. The molecule has 1 saturated carbocycles. The maximum absolute atomic E-state index is 4.23. The summed E-state index contributed by atoms with van der Waals surface area (Å²) in [5.74, 6) is 0. The summed E-state index contributed by atoms with van der Waals surface area (Å²) in [6, 6.07) is 11.4. The van der Waals surface area contributed by atoms with Gasteiger partial charge in [-0.2, -0.15) is 0 Å². The van der Waals surface area contributed by atoms with Crippen LogP contribution in [0.15, 0.2) is 42.5 Å². The Morgan fingerprint density at radius 2 is 1.89 bits per heavy atom. The Morgan fingerprint density at radius 1 is 1.28 bits per heavy atom. The van der Waals surface area contributed by atoms with Gasteiger partial charge in [0, 0.05) is 11.5 Å². The van der Waals surface area contributed by atoms with Gasteiger partial charge in [-0.1, -0.05) is 62.2 Å². The van der Waals surface area contributed by atoms with E-state index >= 15 is 0 Å². The van der Waals surface area contributed by atoms with Crippen LogP contribution in [0.4, 0.5) is 0 Å². The zero-order valence-electron chi connectivity index (χ0n) is 11.7. The molecule has 0 radical (unpaired) electrons. The lowest BCUT2D eigenvalue weighted by Gasteiger charge is -2.39. The molecular formula is C17H25N. The van der Waals surface area contributed by atoms with Gasteiger partial charge in [-0.25, -0.2) is 0 Å². The van der Waals surface area contributed by atoms with Crippen molar-refractivity contribution < 1.29 is 0 Å². The Balaban J connectivity index is 2.40. The molecule has 2 rings (SSSR count). The van der Waals surface area contributed by atoms with Gasteiger partial charge in [-0.3, -0.25) is 0 Å². The number of nitrogens with one attached hydrogen (secondary N) is 1. The van der Waals surface area contributed by atoms with Crippen LogP contribution in [0.2, 0.25) is 0 Å². The molecule has 0 amide bonds. The quantitative estimate of drug-likeness (QED) is 0.769. The molecule has 1 fully saturated rings. The summed E-state index contributed by atoms with van der Waals surface area (Å²) in [6.07, 6.45) is 5.23. The lowest BCUT2D eigenvalue weighted by Crippen LogP contribution is -2.47. The van der Waals surface area contributed by atoms with Crippen molar-refractivity contribution in [1.29, 1.82) is 0 Å². The molecule has 1 aliphatic rings. The van der Waals surface area contributed by atoms with Crippen LogP contribution in [-0.2, 0) is 5.41 Å². The predicted octanol–water partition coefficient (Wildman–Crippen LogP) is 4.05. The first kappa shape index (κ1) is 13.4. The van der Waals surface area contributed by atoms with Crippen molar-refractivity contribution in [1.82, 2.24) is 5.32 Å². The van der Waals surface area contributed by atoms with Crippen LogP contribution in [0.3, 0.4) is 0 Å². The summed E-state index contributed by atoms with van der Waals surface area (Å²) in [5, 5.41) is 3.66. The smallest absolute Gasteiger partial charge is 0.0371 e. The largest absolute Gasteiger partial charge is 0.310 e. The lowest BCUT2D eigenvalue weighted by molar-refractivity contribution is 0.333. The third kappa shape index (κ3) is 2.37. The third-order valence-electron chi connectivity index (χ3n) is 4.30. The second kappa shape index (κ2) is 5.71. The first-order chi connectivity index (χ1) is 8.70. The second-order valence-corrected chi connectivity index (χ2v) is 5.57. The van der Waals surface area contributed by atoms with Crippen LogP contribution in [0, 0.1) is 0 Å². The summed E-state index contributed by atoms with van der Waals surface area (Å²) < 4.78 is 0. The van der Waals surface area contributed by atoms with E-state index in [0.717, 1.165) is 6.54 Å². The first-order valence-corrected chi connectivity index (χ1v) is 7.15. The maximum Gasteiger partial charge on any atom is 0.0371 e. The molecule has 1 aromatic carbocycles. The zero-order chi connectivity index (χ0) is 13.0. The van der Waals surface area contributed by atoms with E-state index in [9.17, 15) is 0 Å². The third-order valence-corrected chi connectivity index (χ3v) is 4.30. The average molecular weight is 243 g/mol. The normalized spacial score (nSPS) is 19.7. The van der Waals surface area contributed by atoms with Crippen molar-refractivity contribution in [3.63, 3.8) is 0 Å². The fourth-order valence-electron chi connectivity index (χ4n) is 3.57. The van der Waals surface area contributed by atoms with Gasteiger partial charge in [0.2, 0.25) is 0 Å². The number of hydrogen-bond donors (Lipinski definition) is 1. The Bertz CT molecular complexity index is 387. The minimum absolute atomic E-state index is 0.267. The highest BCUT2D eigenvalue weighted by molar-refractivity contribution is 5.33. The Hall–Kier alpha value is -1.08. The van der Waals surface area contributed by atoms with Gasteiger partial charge in [0.25, 0.3) is 0 Å². The molecule has 0 spiro atoms. The molecule has 0 bridgehead atoms. The molecule has 1 heteroatoms. The molecule has 0 aliphatic heterocycles. The van der Waals surface area contributed by atoms with E-state index < -0.39 is 0 Å². The molecule has 1 N–H and O–H groups in total. The molecule has 0 aromatic heterocycles. The zero-order valence-corrected chi connectivity index (χ0v) is 11.7. The fraction of sp³-hybridized carbons (Fsp3) is 0.529. The molecule has 0 saturated heterocycles. The van der Waals surface area contributed by atoms with E-state index in [1.165, 1.54) is 36.8 Å². The molecule has 1 atom stereocenters. The SMILES string of the molecule is C=C(C)C(NCC)C1(c2ccccc2)CCCC1. The molecular weight excluding hydrogens is 218 g/mol. The molecule has 1 aromatic rings. The summed E-state index contributed by atoms with van der Waals surface area (Å²) in [6.45, 7) is 9.58. The summed E-state index contributed by atoms with van der Waals surface area (Å²) in [4.78, 5) is 0. The minimum atomic E-state index is 0.267. The highest BCUT2D eigenvalue weighted by Gasteiger charge is 2.42. The van der Waals surface area contributed by atoms with Crippen LogP contribution in [0.1, 0.15) is 45.1 Å². The minimum Gasteiger partial charge on any atom is -0.310 e. The van der Waals surface area contributed by atoms with Crippen LogP contribution in [-0.4, -0.2) is 12.6 Å². The monoisotopic (exact) mass is 243 g/mol. The fourth-order valence-corrected chi connectivity index (χ4v) is 3.57. The highest BCUT2D eigenvalue weighted by atomic mass is 14.9. The Kier molecular flexibility index (Phi) is 4.23. The topological polar surface area (TPSA) is 12.0 Å². The number of hydrogen-bond acceptors (Lipinski definition) is 1. The van der Waals surface area contributed by atoms with Gasteiger partial charge in [0.05, 0.1) is 0 Å². The molecule has 98 valence electrons. The average Bonchev–Trinajstić information content (AvgIpc) is 2.87. The number of likely N-dealkylation sites (N-methyl/N-ethyl adjacent to an activating group) is 1. The van der Waals surface area contributed by atoms with E-state index in [1.54, 1.807) is 0 Å². The molecule has 1 unspecified atom stereocenters. The van der Waals surface area contributed by atoms with E-state index in [-0.39, 0.29) is 5.41 Å². The van der Waals surface area contributed by atoms with Crippen molar-refractivity contribution in [3.8, 4) is 0 Å². The van der Waals surface area contributed by atoms with Crippen molar-refractivity contribution in [2.24, 2.45) is 0 Å². The summed E-state index contributed by atoms with van der Waals surface area (Å²) in [7, 11) is 0. The molecule has 0 heterocycles. The maximum atomic E-state index is 4.23. The number of benzene rings is 1. The predicted molar refractivity (Wildman–Crippen MR) is 78.9 cm³/mol. The van der Waals surface area contributed by atoms with Gasteiger partial charge >= 0.3 is 0 Å². The molecule has 1 nitrogen and oxygen atoms in total. The van der Waals surface area contributed by atoms with E-state index in [2.05, 4.69) is 56.1 Å². The molecule has 1 aliphatic carbocycles. The summed E-state index contributed by atoms with van der Waals surface area (Å²) in [5.41, 5.74) is 3.02. The van der Waals surface area contributed by atoms with Gasteiger partial charge in [-0.05, 0) is 31.9 Å². The first-order valence-electron chi connectivity index (χ1n) is 7.15. The van der Waals surface area contributed by atoms with Crippen molar-refractivity contribution in [3.05, 3.63) is 48.0 Å². The summed E-state index contributed by atoms with van der Waals surface area (Å²) >= 11 is 0.